The van der Waals surface area contributed by atoms with E-state index in [1.54, 1.807) is 0 Å². The normalized spacial score (nSPS) is 17.1. The minimum Gasteiger partial charge on any atom is -0.662 e. The van der Waals surface area contributed by atoms with Gasteiger partial charge in [0.15, 0.2) is 0 Å². The van der Waals surface area contributed by atoms with Crippen LogP contribution >= 0.6 is 0 Å². The molecule has 1 fully saturated rings. The molecule has 35 valence electrons. The molecule has 3 heteroatoms. The van der Waals surface area contributed by atoms with Gasteiger partial charge in [0.1, 0.15) is 0 Å². The zero-order chi connectivity index (χ0) is 3.54. The monoisotopic (exact) mass is 145 g/mol. The first-order valence-corrected chi connectivity index (χ1v) is 2.13. The maximum absolute atomic E-state index is 4.08. The molecule has 1 rings (SSSR count). The molecule has 0 saturated carbocycles. The summed E-state index contributed by atoms with van der Waals surface area (Å²) in [6.45, 7) is 2.25. The van der Waals surface area contributed by atoms with Gasteiger partial charge in [-0.3, -0.25) is 0 Å². The standard InChI is InChI=1S/C4H8N.B.Zn/c1-2-4-5-3-1;;/h1-4H2;;/q-1;;. The summed E-state index contributed by atoms with van der Waals surface area (Å²) < 4.78 is 0. The van der Waals surface area contributed by atoms with Crippen LogP contribution in [0.4, 0.5) is 0 Å². The van der Waals surface area contributed by atoms with Gasteiger partial charge in [-0.15, -0.1) is 13.1 Å². The van der Waals surface area contributed by atoms with E-state index in [4.69, 9.17) is 0 Å². The van der Waals surface area contributed by atoms with Crippen LogP contribution in [-0.4, -0.2) is 21.5 Å². The van der Waals surface area contributed by atoms with E-state index in [-0.39, 0.29) is 27.9 Å². The third-order valence-corrected chi connectivity index (χ3v) is 0.882. The zero-order valence-corrected chi connectivity index (χ0v) is 7.53. The van der Waals surface area contributed by atoms with E-state index in [2.05, 4.69) is 5.32 Å². The fourth-order valence-electron chi connectivity index (χ4n) is 0.559. The second-order valence-electron chi connectivity index (χ2n) is 1.38. The Kier molecular flexibility index (Phi) is 10.1. The molecule has 0 aromatic rings. The molecule has 0 bridgehead atoms. The fraction of sp³-hybridized carbons (Fsp3) is 1.00. The van der Waals surface area contributed by atoms with E-state index in [1.807, 2.05) is 0 Å². The van der Waals surface area contributed by atoms with Gasteiger partial charge >= 0.3 is 0 Å². The predicted molar refractivity (Wildman–Crippen MR) is 28.1 cm³/mol. The summed E-state index contributed by atoms with van der Waals surface area (Å²) in [5.74, 6) is 0. The Labute approximate surface area is 59.6 Å². The van der Waals surface area contributed by atoms with Crippen LogP contribution in [0.15, 0.2) is 0 Å². The van der Waals surface area contributed by atoms with Gasteiger partial charge in [0.05, 0.1) is 0 Å². The van der Waals surface area contributed by atoms with Crippen molar-refractivity contribution >= 4 is 8.41 Å². The van der Waals surface area contributed by atoms with Gasteiger partial charge in [-0.25, -0.2) is 0 Å². The molecule has 7 heavy (non-hydrogen) atoms. The molecule has 1 aliphatic rings. The minimum absolute atomic E-state index is 0. The van der Waals surface area contributed by atoms with Crippen molar-refractivity contribution in [2.24, 2.45) is 0 Å². The first-order chi connectivity index (χ1) is 2.50. The van der Waals surface area contributed by atoms with E-state index in [1.165, 1.54) is 12.8 Å². The number of hydrogen-bond acceptors (Lipinski definition) is 0. The molecule has 3 radical (unpaired) electrons. The molecule has 1 heterocycles. The van der Waals surface area contributed by atoms with Crippen molar-refractivity contribution in [1.82, 2.24) is 0 Å². The van der Waals surface area contributed by atoms with Crippen molar-refractivity contribution in [2.75, 3.05) is 13.1 Å². The van der Waals surface area contributed by atoms with Gasteiger partial charge < -0.3 is 5.32 Å². The van der Waals surface area contributed by atoms with E-state index >= 15 is 0 Å². The summed E-state index contributed by atoms with van der Waals surface area (Å²) in [6, 6.07) is 0. The second-order valence-corrected chi connectivity index (χ2v) is 1.38. The molecule has 1 nitrogen and oxygen atoms in total. The molecule has 0 atom stereocenters. The van der Waals surface area contributed by atoms with Crippen molar-refractivity contribution < 1.29 is 19.5 Å². The molecule has 0 aliphatic carbocycles. The topological polar surface area (TPSA) is 14.1 Å². The zero-order valence-electron chi connectivity index (χ0n) is 4.56. The molecule has 1 aliphatic heterocycles. The second kappa shape index (κ2) is 6.65. The Morgan fingerprint density at radius 2 is 1.43 bits per heavy atom. The summed E-state index contributed by atoms with van der Waals surface area (Å²) in [4.78, 5) is 0. The van der Waals surface area contributed by atoms with Gasteiger partial charge in [-0.05, 0) is 0 Å². The third kappa shape index (κ3) is 4.50. The van der Waals surface area contributed by atoms with E-state index in [9.17, 15) is 0 Å². The van der Waals surface area contributed by atoms with Crippen LogP contribution in [0.1, 0.15) is 12.8 Å². The van der Waals surface area contributed by atoms with Crippen LogP contribution in [0.2, 0.25) is 0 Å². The molecule has 0 aromatic carbocycles. The average molecular weight is 146 g/mol. The van der Waals surface area contributed by atoms with Crippen LogP contribution in [0.25, 0.3) is 5.32 Å². The van der Waals surface area contributed by atoms with Gasteiger partial charge in [0.2, 0.25) is 0 Å². The van der Waals surface area contributed by atoms with E-state index in [0.29, 0.717) is 0 Å². The molecule has 0 unspecified atom stereocenters. The van der Waals surface area contributed by atoms with Crippen LogP contribution < -0.4 is 0 Å². The van der Waals surface area contributed by atoms with Crippen LogP contribution in [-0.2, 0) is 19.5 Å². The fourth-order valence-corrected chi connectivity index (χ4v) is 0.559. The largest absolute Gasteiger partial charge is 0.662 e. The van der Waals surface area contributed by atoms with Crippen molar-refractivity contribution in [2.45, 2.75) is 12.8 Å². The summed E-state index contributed by atoms with van der Waals surface area (Å²) in [5, 5.41) is 4.08. The molecule has 0 amide bonds. The number of nitrogens with zero attached hydrogens (tertiary/aromatic N) is 1. The van der Waals surface area contributed by atoms with Gasteiger partial charge in [0, 0.05) is 27.9 Å². The van der Waals surface area contributed by atoms with Crippen molar-refractivity contribution in [3.8, 4) is 0 Å². The number of rotatable bonds is 0. The molecule has 1 saturated heterocycles. The van der Waals surface area contributed by atoms with E-state index in [0.717, 1.165) is 13.1 Å². The van der Waals surface area contributed by atoms with Crippen molar-refractivity contribution in [1.29, 1.82) is 0 Å². The van der Waals surface area contributed by atoms with Gasteiger partial charge in [-0.1, -0.05) is 12.8 Å². The van der Waals surface area contributed by atoms with Crippen LogP contribution in [0.5, 0.6) is 0 Å². The Bertz CT molecular complexity index is 23.3. The summed E-state index contributed by atoms with van der Waals surface area (Å²) >= 11 is 0. The maximum atomic E-state index is 4.08. The van der Waals surface area contributed by atoms with Crippen molar-refractivity contribution in [3.63, 3.8) is 0 Å². The minimum atomic E-state index is 0. The summed E-state index contributed by atoms with van der Waals surface area (Å²) in [6.07, 6.45) is 2.67. The first-order valence-electron chi connectivity index (χ1n) is 2.13. The summed E-state index contributed by atoms with van der Waals surface area (Å²) in [7, 11) is 0. The summed E-state index contributed by atoms with van der Waals surface area (Å²) in [5.41, 5.74) is 0. The molecular formula is C4H8BNZn-. The average Bonchev–Trinajstić information content (AvgIpc) is 1.76. The predicted octanol–water partition coefficient (Wildman–Crippen LogP) is 0.771. The number of hydrogen-bond donors (Lipinski definition) is 0. The van der Waals surface area contributed by atoms with Crippen LogP contribution in [0, 0.1) is 0 Å². The van der Waals surface area contributed by atoms with Gasteiger partial charge in [-0.2, -0.15) is 0 Å². The smallest absolute Gasteiger partial charge is 0 e. The third-order valence-electron chi connectivity index (χ3n) is 0.882. The van der Waals surface area contributed by atoms with Gasteiger partial charge in [0.25, 0.3) is 0 Å². The molecule has 0 aromatic heterocycles. The molecule has 0 spiro atoms. The SMILES string of the molecule is C1CC[N-]C1.[B].[Zn]. The Morgan fingerprint density at radius 3 is 1.57 bits per heavy atom. The molecular weight excluding hydrogens is 138 g/mol. The van der Waals surface area contributed by atoms with Crippen LogP contribution in [0.3, 0.4) is 0 Å². The quantitative estimate of drug-likeness (QED) is 0.448. The Morgan fingerprint density at radius 1 is 1.00 bits per heavy atom. The first kappa shape index (κ1) is 10.6. The maximum Gasteiger partial charge on any atom is 0 e. The molecule has 0 N–H and O–H groups in total. The Balaban J connectivity index is 0. The van der Waals surface area contributed by atoms with E-state index < -0.39 is 0 Å². The Hall–Kier alpha value is 0.648. The van der Waals surface area contributed by atoms with Crippen molar-refractivity contribution in [3.05, 3.63) is 5.32 Å².